The van der Waals surface area contributed by atoms with Gasteiger partial charge in [-0.2, -0.15) is 0 Å². The van der Waals surface area contributed by atoms with Gasteiger partial charge in [-0.1, -0.05) is 25.9 Å². The number of aromatic nitrogens is 1. The van der Waals surface area contributed by atoms with Gasteiger partial charge in [-0.05, 0) is 19.3 Å². The van der Waals surface area contributed by atoms with E-state index in [1.54, 1.807) is 20.8 Å². The van der Waals surface area contributed by atoms with Crippen molar-refractivity contribution in [2.45, 2.75) is 40.2 Å². The molecule has 0 spiro atoms. The number of hydrogen-bond donors (Lipinski definition) is 2. The number of urea groups is 1. The molecule has 0 fully saturated rings. The van der Waals surface area contributed by atoms with Crippen molar-refractivity contribution in [3.8, 4) is 0 Å². The highest BCUT2D eigenvalue weighted by Gasteiger charge is 2.30. The lowest BCUT2D eigenvalue weighted by molar-refractivity contribution is -0.130. The molecule has 0 bridgehead atoms. The van der Waals surface area contributed by atoms with Gasteiger partial charge in [0.15, 0.2) is 6.10 Å². The molecule has 1 atom stereocenters. The van der Waals surface area contributed by atoms with E-state index in [-0.39, 0.29) is 11.5 Å². The molecule has 8 heteroatoms. The minimum atomic E-state index is -1.14. The van der Waals surface area contributed by atoms with Crippen LogP contribution in [0.15, 0.2) is 4.52 Å². The Morgan fingerprint density at radius 1 is 1.38 bits per heavy atom. The van der Waals surface area contributed by atoms with E-state index in [9.17, 15) is 14.4 Å². The largest absolute Gasteiger partial charge is 0.448 e. The van der Waals surface area contributed by atoms with Crippen molar-refractivity contribution in [1.29, 1.82) is 0 Å². The molecule has 8 nitrogen and oxygen atoms in total. The highest BCUT2D eigenvalue weighted by molar-refractivity contribution is 5.98. The number of esters is 1. The maximum atomic E-state index is 12.2. The lowest BCUT2D eigenvalue weighted by Gasteiger charge is -2.19. The topological polar surface area (TPSA) is 125 Å². The van der Waals surface area contributed by atoms with E-state index < -0.39 is 24.0 Å². The second kappa shape index (κ2) is 6.87. The van der Waals surface area contributed by atoms with E-state index in [4.69, 9.17) is 15.0 Å². The summed E-state index contributed by atoms with van der Waals surface area (Å²) in [4.78, 5) is 34.7. The summed E-state index contributed by atoms with van der Waals surface area (Å²) in [5.74, 6) is -1.50. The van der Waals surface area contributed by atoms with Gasteiger partial charge in [-0.25, -0.2) is 9.59 Å². The van der Waals surface area contributed by atoms with E-state index in [1.807, 2.05) is 12.2 Å². The SMILES string of the molecule is CCc1noc(C)c1C(=O)O[C@@H](C(=O)NC(N)=O)C(C)C. The first-order valence-corrected chi connectivity index (χ1v) is 6.54. The van der Waals surface area contributed by atoms with Crippen molar-refractivity contribution in [2.75, 3.05) is 0 Å². The Morgan fingerprint density at radius 2 is 2.00 bits per heavy atom. The lowest BCUT2D eigenvalue weighted by atomic mass is 10.1. The van der Waals surface area contributed by atoms with Crippen LogP contribution < -0.4 is 11.1 Å². The molecule has 0 unspecified atom stereocenters. The van der Waals surface area contributed by atoms with E-state index in [0.29, 0.717) is 17.9 Å². The molecule has 3 amide bonds. The fraction of sp³-hybridized carbons (Fsp3) is 0.538. The van der Waals surface area contributed by atoms with Crippen LogP contribution in [-0.4, -0.2) is 29.2 Å². The summed E-state index contributed by atoms with van der Waals surface area (Å²) in [5, 5.41) is 5.65. The number of ether oxygens (including phenoxy) is 1. The third kappa shape index (κ3) is 4.04. The van der Waals surface area contributed by atoms with E-state index in [2.05, 4.69) is 5.16 Å². The predicted molar refractivity (Wildman–Crippen MR) is 72.4 cm³/mol. The van der Waals surface area contributed by atoms with E-state index in [0.717, 1.165) is 0 Å². The summed E-state index contributed by atoms with van der Waals surface area (Å²) in [6.07, 6.45) is -0.647. The molecule has 0 aliphatic heterocycles. The van der Waals surface area contributed by atoms with Gasteiger partial charge in [0.1, 0.15) is 11.3 Å². The van der Waals surface area contributed by atoms with Crippen LogP contribution in [0.25, 0.3) is 0 Å². The Labute approximate surface area is 122 Å². The minimum Gasteiger partial charge on any atom is -0.448 e. The monoisotopic (exact) mass is 297 g/mol. The second-order valence-electron chi connectivity index (χ2n) is 4.84. The molecular formula is C13H19N3O5. The van der Waals surface area contributed by atoms with E-state index >= 15 is 0 Å². The summed E-state index contributed by atoms with van der Waals surface area (Å²) in [6.45, 7) is 6.75. The average molecular weight is 297 g/mol. The molecule has 1 aromatic rings. The van der Waals surface area contributed by atoms with Gasteiger partial charge in [-0.15, -0.1) is 0 Å². The number of carbonyl (C=O) groups excluding carboxylic acids is 3. The first kappa shape index (κ1) is 16.7. The summed E-state index contributed by atoms with van der Waals surface area (Å²) < 4.78 is 10.1. The number of amides is 3. The van der Waals surface area contributed by atoms with Gasteiger partial charge in [-0.3, -0.25) is 10.1 Å². The van der Waals surface area contributed by atoms with Crippen molar-refractivity contribution in [2.24, 2.45) is 11.7 Å². The zero-order valence-corrected chi connectivity index (χ0v) is 12.4. The quantitative estimate of drug-likeness (QED) is 0.779. The number of rotatable bonds is 5. The van der Waals surface area contributed by atoms with Crippen LogP contribution in [0, 0.1) is 12.8 Å². The number of nitrogens with one attached hydrogen (secondary N) is 1. The third-order valence-corrected chi connectivity index (χ3v) is 2.82. The van der Waals surface area contributed by atoms with Crippen molar-refractivity contribution in [3.05, 3.63) is 17.0 Å². The molecule has 1 heterocycles. The van der Waals surface area contributed by atoms with Crippen molar-refractivity contribution in [1.82, 2.24) is 10.5 Å². The van der Waals surface area contributed by atoms with Crippen LogP contribution in [0.4, 0.5) is 4.79 Å². The fourth-order valence-electron chi connectivity index (χ4n) is 1.78. The first-order valence-electron chi connectivity index (χ1n) is 6.54. The third-order valence-electron chi connectivity index (χ3n) is 2.82. The summed E-state index contributed by atoms with van der Waals surface area (Å²) in [6, 6.07) is -1.00. The molecule has 0 radical (unpaired) electrons. The number of primary amides is 1. The van der Waals surface area contributed by atoms with E-state index in [1.165, 1.54) is 0 Å². The Hall–Kier alpha value is -2.38. The Bertz CT molecular complexity index is 550. The second-order valence-corrected chi connectivity index (χ2v) is 4.84. The molecule has 0 saturated carbocycles. The first-order chi connectivity index (χ1) is 9.77. The van der Waals surface area contributed by atoms with Crippen LogP contribution in [0.1, 0.15) is 42.6 Å². The number of nitrogens with zero attached hydrogens (tertiary/aromatic N) is 1. The molecule has 0 saturated heterocycles. The number of imide groups is 1. The molecule has 0 aromatic carbocycles. The van der Waals surface area contributed by atoms with Gasteiger partial charge in [0.2, 0.25) is 0 Å². The number of hydrogen-bond acceptors (Lipinski definition) is 6. The maximum absolute atomic E-state index is 12.2. The molecule has 1 aromatic heterocycles. The summed E-state index contributed by atoms with van der Waals surface area (Å²) in [7, 11) is 0. The van der Waals surface area contributed by atoms with Gasteiger partial charge in [0.05, 0.1) is 5.69 Å². The molecular weight excluding hydrogens is 278 g/mol. The Kier molecular flexibility index (Phi) is 5.45. The smallest absolute Gasteiger partial charge is 0.344 e. The lowest BCUT2D eigenvalue weighted by Crippen LogP contribution is -2.45. The highest BCUT2D eigenvalue weighted by Crippen LogP contribution is 2.18. The van der Waals surface area contributed by atoms with Gasteiger partial charge in [0.25, 0.3) is 5.91 Å². The zero-order valence-electron chi connectivity index (χ0n) is 12.4. The number of aryl methyl sites for hydroxylation is 2. The minimum absolute atomic E-state index is 0.204. The van der Waals surface area contributed by atoms with Gasteiger partial charge >= 0.3 is 12.0 Å². The Morgan fingerprint density at radius 3 is 2.48 bits per heavy atom. The highest BCUT2D eigenvalue weighted by atomic mass is 16.6. The molecule has 0 aliphatic rings. The zero-order chi connectivity index (χ0) is 16.2. The predicted octanol–water partition coefficient (Wildman–Crippen LogP) is 0.922. The summed E-state index contributed by atoms with van der Waals surface area (Å²) >= 11 is 0. The fourth-order valence-corrected chi connectivity index (χ4v) is 1.78. The van der Waals surface area contributed by atoms with Crippen molar-refractivity contribution >= 4 is 17.9 Å². The van der Waals surface area contributed by atoms with Crippen molar-refractivity contribution < 1.29 is 23.6 Å². The van der Waals surface area contributed by atoms with Gasteiger partial charge < -0.3 is 15.0 Å². The molecule has 116 valence electrons. The van der Waals surface area contributed by atoms with Crippen LogP contribution in [0.3, 0.4) is 0 Å². The van der Waals surface area contributed by atoms with Crippen LogP contribution in [0.5, 0.6) is 0 Å². The number of carbonyl (C=O) groups is 3. The summed E-state index contributed by atoms with van der Waals surface area (Å²) in [5.41, 5.74) is 5.55. The molecule has 1 rings (SSSR count). The number of nitrogens with two attached hydrogens (primary N) is 1. The van der Waals surface area contributed by atoms with Crippen LogP contribution >= 0.6 is 0 Å². The Balaban J connectivity index is 2.93. The molecule has 21 heavy (non-hydrogen) atoms. The normalized spacial score (nSPS) is 12.0. The van der Waals surface area contributed by atoms with Crippen LogP contribution in [-0.2, 0) is 16.0 Å². The average Bonchev–Trinajstić information content (AvgIpc) is 2.75. The standard InChI is InChI=1S/C13H19N3O5/c1-5-8-9(7(4)21-16-8)12(18)20-10(6(2)3)11(17)15-13(14)19/h6,10H,5H2,1-4H3,(H3,14,15,17,19)/t10-/m1/s1. The van der Waals surface area contributed by atoms with Crippen LogP contribution in [0.2, 0.25) is 0 Å². The van der Waals surface area contributed by atoms with Crippen molar-refractivity contribution in [3.63, 3.8) is 0 Å². The molecule has 3 N–H and O–H groups in total. The molecule has 0 aliphatic carbocycles. The maximum Gasteiger partial charge on any atom is 0.344 e. The van der Waals surface area contributed by atoms with Gasteiger partial charge in [0, 0.05) is 0 Å².